The van der Waals surface area contributed by atoms with Gasteiger partial charge in [0.1, 0.15) is 5.82 Å². The van der Waals surface area contributed by atoms with Crippen LogP contribution in [0, 0.1) is 6.92 Å². The number of nitrogens with zero attached hydrogens (tertiary/aromatic N) is 2. The molecule has 0 radical (unpaired) electrons. The van der Waals surface area contributed by atoms with E-state index in [0.29, 0.717) is 5.88 Å². The maximum atomic E-state index is 5.90. The number of unbranched alkanes of at least 4 members (excludes halogenated alkanes) is 2. The summed E-state index contributed by atoms with van der Waals surface area (Å²) in [5, 5.41) is 0. The summed E-state index contributed by atoms with van der Waals surface area (Å²) in [5.74, 6) is 1.72. The van der Waals surface area contributed by atoms with Crippen molar-refractivity contribution in [2.75, 3.05) is 19.6 Å². The molecule has 0 aliphatic heterocycles. The van der Waals surface area contributed by atoms with Crippen LogP contribution in [0.1, 0.15) is 30.7 Å². The summed E-state index contributed by atoms with van der Waals surface area (Å²) in [4.78, 5) is 4.71. The standard InChI is InChI=1S/C16H23ClN2O/c1-13-6-7-14-15(12-13)19(16(18-14)8-9-17)10-4-3-5-11-20-2/h6-7,12H,3-5,8-11H2,1-2H3. The summed E-state index contributed by atoms with van der Waals surface area (Å²) >= 11 is 5.90. The highest BCUT2D eigenvalue weighted by molar-refractivity contribution is 6.17. The molecule has 0 atom stereocenters. The fourth-order valence-electron chi connectivity index (χ4n) is 2.50. The van der Waals surface area contributed by atoms with Crippen LogP contribution in [0.3, 0.4) is 0 Å². The molecule has 0 saturated carbocycles. The largest absolute Gasteiger partial charge is 0.385 e. The molecule has 0 bridgehead atoms. The van der Waals surface area contributed by atoms with Gasteiger partial charge in [0.05, 0.1) is 11.0 Å². The zero-order chi connectivity index (χ0) is 14.4. The van der Waals surface area contributed by atoms with Gasteiger partial charge in [0.25, 0.3) is 0 Å². The third kappa shape index (κ3) is 3.74. The number of alkyl halides is 1. The van der Waals surface area contributed by atoms with Crippen molar-refractivity contribution in [2.45, 2.75) is 39.2 Å². The van der Waals surface area contributed by atoms with Gasteiger partial charge in [0.15, 0.2) is 0 Å². The van der Waals surface area contributed by atoms with Crippen molar-refractivity contribution in [1.29, 1.82) is 0 Å². The van der Waals surface area contributed by atoms with E-state index in [9.17, 15) is 0 Å². The number of hydrogen-bond donors (Lipinski definition) is 0. The molecule has 1 heterocycles. The average molecular weight is 295 g/mol. The van der Waals surface area contributed by atoms with E-state index >= 15 is 0 Å². The number of methoxy groups -OCH3 is 1. The summed E-state index contributed by atoms with van der Waals surface area (Å²) in [6, 6.07) is 6.43. The van der Waals surface area contributed by atoms with Crippen molar-refractivity contribution in [3.05, 3.63) is 29.6 Å². The Balaban J connectivity index is 2.15. The van der Waals surface area contributed by atoms with Crippen molar-refractivity contribution < 1.29 is 4.74 Å². The first-order valence-electron chi connectivity index (χ1n) is 7.27. The molecule has 0 unspecified atom stereocenters. The van der Waals surface area contributed by atoms with E-state index in [-0.39, 0.29) is 0 Å². The first kappa shape index (κ1) is 15.3. The predicted octanol–water partition coefficient (Wildman–Crippen LogP) is 3.94. The Bertz CT molecular complexity index is 551. The molecule has 0 N–H and O–H groups in total. The van der Waals surface area contributed by atoms with Crippen molar-refractivity contribution in [1.82, 2.24) is 9.55 Å². The fraction of sp³-hybridized carbons (Fsp3) is 0.562. The van der Waals surface area contributed by atoms with Crippen LogP contribution in [-0.4, -0.2) is 29.1 Å². The lowest BCUT2D eigenvalue weighted by Crippen LogP contribution is -2.05. The Kier molecular flexibility index (Phi) is 5.86. The molecule has 110 valence electrons. The van der Waals surface area contributed by atoms with Gasteiger partial charge >= 0.3 is 0 Å². The molecule has 0 fully saturated rings. The Morgan fingerprint density at radius 1 is 1.25 bits per heavy atom. The number of ether oxygens (including phenoxy) is 1. The Hall–Kier alpha value is -1.06. The lowest BCUT2D eigenvalue weighted by atomic mass is 10.2. The molecular weight excluding hydrogens is 272 g/mol. The van der Waals surface area contributed by atoms with Crippen LogP contribution in [0.15, 0.2) is 18.2 Å². The van der Waals surface area contributed by atoms with Gasteiger partial charge in [-0.25, -0.2) is 4.98 Å². The molecule has 1 aromatic heterocycles. The first-order valence-corrected chi connectivity index (χ1v) is 7.80. The Morgan fingerprint density at radius 3 is 2.85 bits per heavy atom. The molecule has 0 amide bonds. The van der Waals surface area contributed by atoms with E-state index in [2.05, 4.69) is 29.7 Å². The molecule has 0 aliphatic rings. The van der Waals surface area contributed by atoms with Gasteiger partial charge in [0, 0.05) is 32.6 Å². The lowest BCUT2D eigenvalue weighted by molar-refractivity contribution is 0.191. The van der Waals surface area contributed by atoms with Crippen LogP contribution in [0.25, 0.3) is 11.0 Å². The van der Waals surface area contributed by atoms with Crippen LogP contribution in [0.5, 0.6) is 0 Å². The molecule has 2 aromatic rings. The summed E-state index contributed by atoms with van der Waals surface area (Å²) in [6.07, 6.45) is 4.28. The second-order valence-electron chi connectivity index (χ2n) is 5.16. The van der Waals surface area contributed by atoms with E-state index < -0.39 is 0 Å². The SMILES string of the molecule is COCCCCCn1c(CCCl)nc2ccc(C)cc21. The number of halogens is 1. The zero-order valence-corrected chi connectivity index (χ0v) is 13.1. The van der Waals surface area contributed by atoms with Crippen molar-refractivity contribution in [2.24, 2.45) is 0 Å². The lowest BCUT2D eigenvalue weighted by Gasteiger charge is -2.08. The van der Waals surface area contributed by atoms with E-state index in [1.165, 1.54) is 17.5 Å². The smallest absolute Gasteiger partial charge is 0.111 e. The van der Waals surface area contributed by atoms with E-state index in [4.69, 9.17) is 21.3 Å². The zero-order valence-electron chi connectivity index (χ0n) is 12.4. The van der Waals surface area contributed by atoms with Gasteiger partial charge in [-0.3, -0.25) is 0 Å². The second kappa shape index (κ2) is 7.65. The van der Waals surface area contributed by atoms with Gasteiger partial charge in [-0.2, -0.15) is 0 Å². The van der Waals surface area contributed by atoms with Gasteiger partial charge in [0.2, 0.25) is 0 Å². The summed E-state index contributed by atoms with van der Waals surface area (Å²) in [7, 11) is 1.75. The number of hydrogen-bond acceptors (Lipinski definition) is 2. The molecule has 20 heavy (non-hydrogen) atoms. The van der Waals surface area contributed by atoms with Crippen LogP contribution < -0.4 is 0 Å². The number of rotatable bonds is 8. The third-order valence-electron chi connectivity index (χ3n) is 3.53. The number of imidazole rings is 1. The quantitative estimate of drug-likeness (QED) is 0.544. The van der Waals surface area contributed by atoms with E-state index in [1.807, 2.05) is 0 Å². The number of benzene rings is 1. The van der Waals surface area contributed by atoms with Crippen LogP contribution >= 0.6 is 11.6 Å². The summed E-state index contributed by atoms with van der Waals surface area (Å²) < 4.78 is 7.42. The maximum Gasteiger partial charge on any atom is 0.111 e. The van der Waals surface area contributed by atoms with Crippen LogP contribution in [-0.2, 0) is 17.7 Å². The highest BCUT2D eigenvalue weighted by Gasteiger charge is 2.10. The van der Waals surface area contributed by atoms with Gasteiger partial charge in [-0.05, 0) is 43.9 Å². The van der Waals surface area contributed by atoms with E-state index in [0.717, 1.165) is 43.8 Å². The molecule has 0 aliphatic carbocycles. The molecule has 4 heteroatoms. The molecule has 1 aromatic carbocycles. The number of fused-ring (bicyclic) bond motifs is 1. The highest BCUT2D eigenvalue weighted by Crippen LogP contribution is 2.19. The predicted molar refractivity (Wildman–Crippen MR) is 84.6 cm³/mol. The monoisotopic (exact) mass is 294 g/mol. The number of aromatic nitrogens is 2. The molecule has 2 rings (SSSR count). The van der Waals surface area contributed by atoms with Crippen molar-refractivity contribution in [3.8, 4) is 0 Å². The van der Waals surface area contributed by atoms with Crippen molar-refractivity contribution in [3.63, 3.8) is 0 Å². The Morgan fingerprint density at radius 2 is 2.10 bits per heavy atom. The number of aryl methyl sites for hydroxylation is 3. The van der Waals surface area contributed by atoms with E-state index in [1.54, 1.807) is 7.11 Å². The van der Waals surface area contributed by atoms with Gasteiger partial charge in [-0.1, -0.05) is 6.07 Å². The van der Waals surface area contributed by atoms with Crippen molar-refractivity contribution >= 4 is 22.6 Å². The minimum absolute atomic E-state index is 0.617. The Labute approximate surface area is 125 Å². The molecule has 0 spiro atoms. The maximum absolute atomic E-state index is 5.90. The minimum Gasteiger partial charge on any atom is -0.385 e. The third-order valence-corrected chi connectivity index (χ3v) is 3.72. The molecule has 0 saturated heterocycles. The van der Waals surface area contributed by atoms with Crippen LogP contribution in [0.2, 0.25) is 0 Å². The minimum atomic E-state index is 0.617. The van der Waals surface area contributed by atoms with Gasteiger partial charge < -0.3 is 9.30 Å². The molecular formula is C16H23ClN2O. The topological polar surface area (TPSA) is 27.1 Å². The summed E-state index contributed by atoms with van der Waals surface area (Å²) in [6.45, 7) is 3.98. The summed E-state index contributed by atoms with van der Waals surface area (Å²) in [5.41, 5.74) is 3.58. The highest BCUT2D eigenvalue weighted by atomic mass is 35.5. The average Bonchev–Trinajstić information content (AvgIpc) is 2.76. The van der Waals surface area contributed by atoms with Gasteiger partial charge in [-0.15, -0.1) is 11.6 Å². The fourth-order valence-corrected chi connectivity index (χ4v) is 2.67. The second-order valence-corrected chi connectivity index (χ2v) is 5.54. The van der Waals surface area contributed by atoms with Crippen LogP contribution in [0.4, 0.5) is 0 Å². The first-order chi connectivity index (χ1) is 9.76. The normalized spacial score (nSPS) is 11.3. The molecule has 3 nitrogen and oxygen atoms in total.